The summed E-state index contributed by atoms with van der Waals surface area (Å²) < 4.78 is 16.2. The number of esters is 1. The van der Waals surface area contributed by atoms with E-state index in [0.29, 0.717) is 23.7 Å². The number of ether oxygens (including phenoxy) is 3. The van der Waals surface area contributed by atoms with Gasteiger partial charge in [-0.25, -0.2) is 4.79 Å². The standard InChI is InChI=1S/C21H23NO5/c1-25-19-13-17(21(24)27-15-20(23)22-11-5-6-12-22)9-10-18(19)26-14-16-7-3-2-4-8-16/h2-4,7-10,13H,5-6,11-12,14-15H2,1H3. The van der Waals surface area contributed by atoms with Gasteiger partial charge in [-0.2, -0.15) is 0 Å². The molecule has 1 heterocycles. The van der Waals surface area contributed by atoms with Crippen LogP contribution in [0.3, 0.4) is 0 Å². The predicted octanol–water partition coefficient (Wildman–Crippen LogP) is 3.05. The Hall–Kier alpha value is -3.02. The molecule has 0 radical (unpaired) electrons. The fourth-order valence-electron chi connectivity index (χ4n) is 2.92. The van der Waals surface area contributed by atoms with E-state index in [4.69, 9.17) is 14.2 Å². The molecule has 27 heavy (non-hydrogen) atoms. The summed E-state index contributed by atoms with van der Waals surface area (Å²) in [5, 5.41) is 0. The van der Waals surface area contributed by atoms with E-state index in [9.17, 15) is 9.59 Å². The Kier molecular flexibility index (Phi) is 6.30. The molecular weight excluding hydrogens is 346 g/mol. The molecule has 0 bridgehead atoms. The molecule has 142 valence electrons. The Labute approximate surface area is 158 Å². The van der Waals surface area contributed by atoms with Gasteiger partial charge in [0.25, 0.3) is 5.91 Å². The van der Waals surface area contributed by atoms with E-state index in [1.807, 2.05) is 30.3 Å². The van der Waals surface area contributed by atoms with Crippen LogP contribution >= 0.6 is 0 Å². The number of likely N-dealkylation sites (tertiary alicyclic amines) is 1. The van der Waals surface area contributed by atoms with Crippen molar-refractivity contribution in [2.45, 2.75) is 19.4 Å². The van der Waals surface area contributed by atoms with Gasteiger partial charge in [-0.1, -0.05) is 30.3 Å². The van der Waals surface area contributed by atoms with E-state index >= 15 is 0 Å². The van der Waals surface area contributed by atoms with Gasteiger partial charge < -0.3 is 19.1 Å². The highest BCUT2D eigenvalue weighted by Crippen LogP contribution is 2.29. The summed E-state index contributed by atoms with van der Waals surface area (Å²) in [6, 6.07) is 14.6. The monoisotopic (exact) mass is 369 g/mol. The van der Waals surface area contributed by atoms with E-state index < -0.39 is 5.97 Å². The molecule has 6 nitrogen and oxygen atoms in total. The van der Waals surface area contributed by atoms with Crippen molar-refractivity contribution in [1.29, 1.82) is 0 Å². The minimum Gasteiger partial charge on any atom is -0.493 e. The van der Waals surface area contributed by atoms with Crippen LogP contribution in [0.2, 0.25) is 0 Å². The second kappa shape index (κ2) is 9.07. The lowest BCUT2D eigenvalue weighted by Crippen LogP contribution is -2.32. The molecule has 2 aromatic rings. The van der Waals surface area contributed by atoms with Crippen molar-refractivity contribution in [3.05, 3.63) is 59.7 Å². The Morgan fingerprint density at radius 2 is 1.74 bits per heavy atom. The van der Waals surface area contributed by atoms with Gasteiger partial charge in [0.15, 0.2) is 18.1 Å². The van der Waals surface area contributed by atoms with Gasteiger partial charge in [-0.15, -0.1) is 0 Å². The molecule has 0 aliphatic carbocycles. The molecule has 1 aliphatic heterocycles. The first-order valence-electron chi connectivity index (χ1n) is 8.97. The van der Waals surface area contributed by atoms with Crippen LogP contribution in [0.4, 0.5) is 0 Å². The molecule has 0 N–H and O–H groups in total. The number of hydrogen-bond donors (Lipinski definition) is 0. The predicted molar refractivity (Wildman–Crippen MR) is 99.9 cm³/mol. The molecule has 0 unspecified atom stereocenters. The van der Waals surface area contributed by atoms with Gasteiger partial charge in [0.1, 0.15) is 6.61 Å². The molecule has 1 amide bonds. The maximum Gasteiger partial charge on any atom is 0.338 e. The molecule has 6 heteroatoms. The smallest absolute Gasteiger partial charge is 0.338 e. The van der Waals surface area contributed by atoms with Gasteiger partial charge in [0, 0.05) is 13.1 Å². The SMILES string of the molecule is COc1cc(C(=O)OCC(=O)N2CCCC2)ccc1OCc1ccccc1. The second-order valence-corrected chi connectivity index (χ2v) is 6.30. The quantitative estimate of drug-likeness (QED) is 0.702. The van der Waals surface area contributed by atoms with Crippen LogP contribution in [0.15, 0.2) is 48.5 Å². The Bertz CT molecular complexity index is 784. The average molecular weight is 369 g/mol. The zero-order chi connectivity index (χ0) is 19.1. The van der Waals surface area contributed by atoms with Crippen LogP contribution in [0.25, 0.3) is 0 Å². The maximum absolute atomic E-state index is 12.2. The summed E-state index contributed by atoms with van der Waals surface area (Å²) >= 11 is 0. The normalized spacial score (nSPS) is 13.3. The van der Waals surface area contributed by atoms with Crippen LogP contribution in [-0.4, -0.2) is 43.6 Å². The van der Waals surface area contributed by atoms with Crippen LogP contribution in [0.1, 0.15) is 28.8 Å². The van der Waals surface area contributed by atoms with Crippen LogP contribution in [-0.2, 0) is 16.1 Å². The van der Waals surface area contributed by atoms with Crippen molar-refractivity contribution in [2.24, 2.45) is 0 Å². The van der Waals surface area contributed by atoms with E-state index in [-0.39, 0.29) is 12.5 Å². The van der Waals surface area contributed by atoms with Crippen molar-refractivity contribution in [1.82, 2.24) is 4.90 Å². The van der Waals surface area contributed by atoms with Crippen LogP contribution in [0, 0.1) is 0 Å². The van der Waals surface area contributed by atoms with Gasteiger partial charge in [-0.3, -0.25) is 4.79 Å². The zero-order valence-electron chi connectivity index (χ0n) is 15.3. The van der Waals surface area contributed by atoms with Crippen LogP contribution < -0.4 is 9.47 Å². The van der Waals surface area contributed by atoms with E-state index in [1.165, 1.54) is 7.11 Å². The van der Waals surface area contributed by atoms with Crippen LogP contribution in [0.5, 0.6) is 11.5 Å². The summed E-state index contributed by atoms with van der Waals surface area (Å²) in [4.78, 5) is 25.9. The van der Waals surface area contributed by atoms with Gasteiger partial charge in [0.05, 0.1) is 12.7 Å². The third kappa shape index (κ3) is 5.00. The number of amides is 1. The zero-order valence-corrected chi connectivity index (χ0v) is 15.3. The lowest BCUT2D eigenvalue weighted by atomic mass is 10.2. The molecule has 2 aromatic carbocycles. The molecule has 1 saturated heterocycles. The van der Waals surface area contributed by atoms with E-state index in [2.05, 4.69) is 0 Å². The topological polar surface area (TPSA) is 65.1 Å². The van der Waals surface area contributed by atoms with Gasteiger partial charge in [0.2, 0.25) is 0 Å². The minimum atomic E-state index is -0.560. The molecule has 3 rings (SSSR count). The first-order chi connectivity index (χ1) is 13.2. The number of benzene rings is 2. The van der Waals surface area contributed by atoms with Crippen molar-refractivity contribution >= 4 is 11.9 Å². The first-order valence-corrected chi connectivity index (χ1v) is 8.97. The molecule has 0 saturated carbocycles. The average Bonchev–Trinajstić information content (AvgIpc) is 3.26. The highest BCUT2D eigenvalue weighted by atomic mass is 16.5. The third-order valence-corrected chi connectivity index (χ3v) is 4.42. The van der Waals surface area contributed by atoms with Gasteiger partial charge >= 0.3 is 5.97 Å². The second-order valence-electron chi connectivity index (χ2n) is 6.30. The first kappa shape index (κ1) is 18.8. The van der Waals surface area contributed by atoms with Crippen molar-refractivity contribution < 1.29 is 23.8 Å². The molecule has 1 aliphatic rings. The minimum absolute atomic E-state index is 0.157. The molecule has 0 atom stereocenters. The van der Waals surface area contributed by atoms with Crippen molar-refractivity contribution in [3.8, 4) is 11.5 Å². The van der Waals surface area contributed by atoms with Crippen molar-refractivity contribution in [2.75, 3.05) is 26.8 Å². The van der Waals surface area contributed by atoms with E-state index in [0.717, 1.165) is 31.5 Å². The Morgan fingerprint density at radius 1 is 1.00 bits per heavy atom. The van der Waals surface area contributed by atoms with Crippen molar-refractivity contribution in [3.63, 3.8) is 0 Å². The molecule has 1 fully saturated rings. The summed E-state index contributed by atoms with van der Waals surface area (Å²) in [7, 11) is 1.51. The number of methoxy groups -OCH3 is 1. The number of hydrogen-bond acceptors (Lipinski definition) is 5. The summed E-state index contributed by atoms with van der Waals surface area (Å²) in [6.45, 7) is 1.62. The largest absolute Gasteiger partial charge is 0.493 e. The number of rotatable bonds is 7. The molecular formula is C21H23NO5. The maximum atomic E-state index is 12.2. The van der Waals surface area contributed by atoms with E-state index in [1.54, 1.807) is 23.1 Å². The summed E-state index contributed by atoms with van der Waals surface area (Å²) in [5.74, 6) is 0.253. The highest BCUT2D eigenvalue weighted by Gasteiger charge is 2.20. The summed E-state index contributed by atoms with van der Waals surface area (Å²) in [5.41, 5.74) is 1.34. The fourth-order valence-corrected chi connectivity index (χ4v) is 2.92. The summed E-state index contributed by atoms with van der Waals surface area (Å²) in [6.07, 6.45) is 2.00. The van der Waals surface area contributed by atoms with Gasteiger partial charge in [-0.05, 0) is 36.6 Å². The molecule has 0 aromatic heterocycles. The number of carbonyl (C=O) groups excluding carboxylic acids is 2. The lowest BCUT2D eigenvalue weighted by Gasteiger charge is -2.15. The fraction of sp³-hybridized carbons (Fsp3) is 0.333. The Balaban J connectivity index is 1.59. The Morgan fingerprint density at radius 3 is 2.44 bits per heavy atom. The number of nitrogens with zero attached hydrogens (tertiary/aromatic N) is 1. The third-order valence-electron chi connectivity index (χ3n) is 4.42. The lowest BCUT2D eigenvalue weighted by molar-refractivity contribution is -0.133. The highest BCUT2D eigenvalue weighted by molar-refractivity contribution is 5.92. The molecule has 0 spiro atoms. The number of carbonyl (C=O) groups is 2.